The molecule has 1 aromatic rings. The van der Waals surface area contributed by atoms with Crippen LogP contribution in [0.25, 0.3) is 0 Å². The first-order valence-electron chi connectivity index (χ1n) is 6.41. The van der Waals surface area contributed by atoms with Crippen LogP contribution in [0.2, 0.25) is 0 Å². The van der Waals surface area contributed by atoms with Gasteiger partial charge in [-0.1, -0.05) is 6.92 Å². The summed E-state index contributed by atoms with van der Waals surface area (Å²) in [5.74, 6) is -0.416. The Balaban J connectivity index is 0.00000400. The lowest BCUT2D eigenvalue weighted by Crippen LogP contribution is -2.26. The number of nitrogens with one attached hydrogen (secondary N) is 2. The highest BCUT2D eigenvalue weighted by atomic mass is 35.5. The number of hydrogen-bond acceptors (Lipinski definition) is 4. The SMILES string of the molecule is CCS(=O)(=O)Nc1ccc(NC(=O)C(C)CN)cc1C.Cl. The lowest BCUT2D eigenvalue weighted by atomic mass is 10.1. The summed E-state index contributed by atoms with van der Waals surface area (Å²) in [5.41, 5.74) is 7.29. The number of halogens is 1. The van der Waals surface area contributed by atoms with Gasteiger partial charge in [-0.25, -0.2) is 8.42 Å². The summed E-state index contributed by atoms with van der Waals surface area (Å²) in [7, 11) is -3.30. The molecule has 0 aromatic heterocycles. The van der Waals surface area contributed by atoms with Gasteiger partial charge >= 0.3 is 0 Å². The summed E-state index contributed by atoms with van der Waals surface area (Å²) < 4.78 is 25.5. The molecule has 0 bridgehead atoms. The van der Waals surface area contributed by atoms with Crippen molar-refractivity contribution in [2.75, 3.05) is 22.3 Å². The van der Waals surface area contributed by atoms with Crippen LogP contribution in [0, 0.1) is 12.8 Å². The van der Waals surface area contributed by atoms with E-state index < -0.39 is 10.0 Å². The van der Waals surface area contributed by atoms with Crippen LogP contribution in [0.3, 0.4) is 0 Å². The largest absolute Gasteiger partial charge is 0.330 e. The Morgan fingerprint density at radius 3 is 2.48 bits per heavy atom. The molecule has 0 saturated carbocycles. The van der Waals surface area contributed by atoms with Gasteiger partial charge in [0.15, 0.2) is 0 Å². The molecule has 0 fully saturated rings. The average Bonchev–Trinajstić information content (AvgIpc) is 2.40. The van der Waals surface area contributed by atoms with Gasteiger partial charge in [0.05, 0.1) is 11.4 Å². The van der Waals surface area contributed by atoms with E-state index in [1.54, 1.807) is 39.0 Å². The number of carbonyl (C=O) groups excluding carboxylic acids is 1. The van der Waals surface area contributed by atoms with Crippen molar-refractivity contribution in [3.05, 3.63) is 23.8 Å². The van der Waals surface area contributed by atoms with Gasteiger partial charge in [0.2, 0.25) is 15.9 Å². The number of sulfonamides is 1. The van der Waals surface area contributed by atoms with Gasteiger partial charge in [-0.3, -0.25) is 9.52 Å². The second-order valence-electron chi connectivity index (χ2n) is 4.66. The third-order valence-corrected chi connectivity index (χ3v) is 4.23. The summed E-state index contributed by atoms with van der Waals surface area (Å²) in [6.45, 7) is 5.36. The zero-order chi connectivity index (χ0) is 15.3. The number of nitrogens with two attached hydrogens (primary N) is 1. The number of hydrogen-bond donors (Lipinski definition) is 3. The molecule has 21 heavy (non-hydrogen) atoms. The highest BCUT2D eigenvalue weighted by Crippen LogP contribution is 2.21. The van der Waals surface area contributed by atoms with Crippen molar-refractivity contribution in [1.82, 2.24) is 0 Å². The van der Waals surface area contributed by atoms with Crippen molar-refractivity contribution >= 4 is 39.7 Å². The van der Waals surface area contributed by atoms with Gasteiger partial charge in [-0.15, -0.1) is 12.4 Å². The molecule has 0 aliphatic heterocycles. The highest BCUT2D eigenvalue weighted by molar-refractivity contribution is 7.92. The summed E-state index contributed by atoms with van der Waals surface area (Å²) in [4.78, 5) is 11.7. The molecular formula is C13H22ClN3O3S. The normalized spacial score (nSPS) is 12.2. The Hall–Kier alpha value is -1.31. The quantitative estimate of drug-likeness (QED) is 0.736. The van der Waals surface area contributed by atoms with Crippen LogP contribution >= 0.6 is 12.4 Å². The summed E-state index contributed by atoms with van der Waals surface area (Å²) in [5, 5.41) is 2.74. The van der Waals surface area contributed by atoms with E-state index in [1.165, 1.54) is 0 Å². The van der Waals surface area contributed by atoms with E-state index in [2.05, 4.69) is 10.0 Å². The molecule has 0 aliphatic carbocycles. The second-order valence-corrected chi connectivity index (χ2v) is 6.67. The third-order valence-electron chi connectivity index (χ3n) is 2.94. The second kappa shape index (κ2) is 8.21. The zero-order valence-electron chi connectivity index (χ0n) is 12.3. The van der Waals surface area contributed by atoms with E-state index in [0.29, 0.717) is 11.4 Å². The van der Waals surface area contributed by atoms with Gasteiger partial charge in [0, 0.05) is 18.2 Å². The van der Waals surface area contributed by atoms with E-state index >= 15 is 0 Å². The number of carbonyl (C=O) groups is 1. The Morgan fingerprint density at radius 1 is 1.38 bits per heavy atom. The standard InChI is InChI=1S/C13H21N3O3S.ClH/c1-4-20(18,19)16-12-6-5-11(7-9(12)2)15-13(17)10(3)8-14;/h5-7,10,16H,4,8,14H2,1-3H3,(H,15,17);1H. The van der Waals surface area contributed by atoms with E-state index in [0.717, 1.165) is 5.56 Å². The van der Waals surface area contributed by atoms with Gasteiger partial charge in [-0.05, 0) is 37.6 Å². The molecule has 0 saturated heterocycles. The Bertz CT molecular complexity index is 590. The van der Waals surface area contributed by atoms with Crippen molar-refractivity contribution < 1.29 is 13.2 Å². The topological polar surface area (TPSA) is 101 Å². The Labute approximate surface area is 132 Å². The molecule has 0 spiro atoms. The van der Waals surface area contributed by atoms with Crippen LogP contribution in [0.4, 0.5) is 11.4 Å². The maximum absolute atomic E-state index is 11.7. The number of aryl methyl sites for hydroxylation is 1. The molecule has 1 atom stereocenters. The molecule has 1 aromatic carbocycles. The van der Waals surface area contributed by atoms with Crippen LogP contribution in [0.1, 0.15) is 19.4 Å². The summed E-state index contributed by atoms with van der Waals surface area (Å²) in [6, 6.07) is 5.00. The minimum atomic E-state index is -3.30. The maximum atomic E-state index is 11.7. The minimum Gasteiger partial charge on any atom is -0.330 e. The molecule has 0 radical (unpaired) electrons. The molecule has 1 rings (SSSR count). The smallest absolute Gasteiger partial charge is 0.232 e. The first kappa shape index (κ1) is 19.7. The lowest BCUT2D eigenvalue weighted by Gasteiger charge is -2.13. The van der Waals surface area contributed by atoms with Crippen molar-refractivity contribution in [3.8, 4) is 0 Å². The van der Waals surface area contributed by atoms with Gasteiger partial charge in [0.1, 0.15) is 0 Å². The van der Waals surface area contributed by atoms with Gasteiger partial charge < -0.3 is 11.1 Å². The number of benzene rings is 1. The molecular weight excluding hydrogens is 314 g/mol. The molecule has 4 N–H and O–H groups in total. The van der Waals surface area contributed by atoms with Gasteiger partial charge in [0.25, 0.3) is 0 Å². The molecule has 0 heterocycles. The summed E-state index contributed by atoms with van der Waals surface area (Å²) >= 11 is 0. The van der Waals surface area contributed by atoms with E-state index in [-0.39, 0.29) is 36.5 Å². The number of rotatable bonds is 6. The Kier molecular flexibility index (Phi) is 7.70. The van der Waals surface area contributed by atoms with E-state index in [1.807, 2.05) is 0 Å². The van der Waals surface area contributed by atoms with Crippen LogP contribution < -0.4 is 15.8 Å². The fourth-order valence-electron chi connectivity index (χ4n) is 1.47. The molecule has 0 aliphatic rings. The zero-order valence-corrected chi connectivity index (χ0v) is 14.0. The molecule has 6 nitrogen and oxygen atoms in total. The van der Waals surface area contributed by atoms with E-state index in [4.69, 9.17) is 5.73 Å². The van der Waals surface area contributed by atoms with Gasteiger partial charge in [-0.2, -0.15) is 0 Å². The first-order valence-corrected chi connectivity index (χ1v) is 8.06. The monoisotopic (exact) mass is 335 g/mol. The van der Waals surface area contributed by atoms with Crippen LogP contribution in [-0.4, -0.2) is 26.6 Å². The number of amides is 1. The first-order chi connectivity index (χ1) is 9.29. The van der Waals surface area contributed by atoms with Crippen molar-refractivity contribution in [1.29, 1.82) is 0 Å². The molecule has 1 unspecified atom stereocenters. The lowest BCUT2D eigenvalue weighted by molar-refractivity contribution is -0.119. The molecule has 8 heteroatoms. The predicted molar refractivity (Wildman–Crippen MR) is 88.4 cm³/mol. The fraction of sp³-hybridized carbons (Fsp3) is 0.462. The van der Waals surface area contributed by atoms with Crippen molar-refractivity contribution in [3.63, 3.8) is 0 Å². The summed E-state index contributed by atoms with van der Waals surface area (Å²) in [6.07, 6.45) is 0. The maximum Gasteiger partial charge on any atom is 0.232 e. The predicted octanol–water partition coefficient (Wildman–Crippen LogP) is 1.71. The molecule has 1 amide bonds. The number of anilines is 2. The highest BCUT2D eigenvalue weighted by Gasteiger charge is 2.12. The fourth-order valence-corrected chi connectivity index (χ4v) is 2.18. The van der Waals surface area contributed by atoms with Crippen molar-refractivity contribution in [2.45, 2.75) is 20.8 Å². The average molecular weight is 336 g/mol. The van der Waals surface area contributed by atoms with E-state index in [9.17, 15) is 13.2 Å². The third kappa shape index (κ3) is 5.91. The van der Waals surface area contributed by atoms with Crippen LogP contribution in [-0.2, 0) is 14.8 Å². The van der Waals surface area contributed by atoms with Crippen molar-refractivity contribution in [2.24, 2.45) is 11.7 Å². The minimum absolute atomic E-state index is 0. The molecule has 120 valence electrons. The van der Waals surface area contributed by atoms with Crippen LogP contribution in [0.5, 0.6) is 0 Å². The van der Waals surface area contributed by atoms with Crippen LogP contribution in [0.15, 0.2) is 18.2 Å². The Morgan fingerprint density at radius 2 is 2.00 bits per heavy atom.